The lowest BCUT2D eigenvalue weighted by atomic mass is 10.3. The van der Waals surface area contributed by atoms with Gasteiger partial charge >= 0.3 is 5.97 Å². The number of nitrogens with zero attached hydrogens (tertiary/aromatic N) is 2. The summed E-state index contributed by atoms with van der Waals surface area (Å²) in [5, 5.41) is 0. The highest BCUT2D eigenvalue weighted by Crippen LogP contribution is 2.09. The van der Waals surface area contributed by atoms with E-state index in [0.717, 1.165) is 13.0 Å². The van der Waals surface area contributed by atoms with Crippen LogP contribution in [-0.2, 0) is 14.3 Å². The Morgan fingerprint density at radius 3 is 2.82 bits per heavy atom. The van der Waals surface area contributed by atoms with Gasteiger partial charge in [0.2, 0.25) is 5.91 Å². The van der Waals surface area contributed by atoms with Crippen molar-refractivity contribution in [3.63, 3.8) is 0 Å². The number of amides is 1. The van der Waals surface area contributed by atoms with Gasteiger partial charge in [-0.25, -0.2) is 0 Å². The molecule has 1 aliphatic heterocycles. The number of hydrogen-bond acceptors (Lipinski definition) is 4. The molecule has 0 aliphatic carbocycles. The van der Waals surface area contributed by atoms with Crippen molar-refractivity contribution in [3.05, 3.63) is 0 Å². The molecule has 0 spiro atoms. The third kappa shape index (κ3) is 4.00. The Balaban J connectivity index is 2.30. The van der Waals surface area contributed by atoms with Gasteiger partial charge < -0.3 is 9.64 Å². The van der Waals surface area contributed by atoms with Crippen molar-refractivity contribution in [2.24, 2.45) is 0 Å². The van der Waals surface area contributed by atoms with Gasteiger partial charge in [0, 0.05) is 26.1 Å². The van der Waals surface area contributed by atoms with Crippen LogP contribution >= 0.6 is 0 Å². The van der Waals surface area contributed by atoms with Crippen LogP contribution < -0.4 is 0 Å². The van der Waals surface area contributed by atoms with Gasteiger partial charge in [0.05, 0.1) is 6.61 Å². The van der Waals surface area contributed by atoms with E-state index in [1.165, 1.54) is 0 Å². The molecule has 1 fully saturated rings. The summed E-state index contributed by atoms with van der Waals surface area (Å²) in [6.07, 6.45) is 1.62. The Hall–Kier alpha value is -1.10. The second-order valence-corrected chi connectivity index (χ2v) is 4.39. The number of rotatable bonds is 6. The van der Waals surface area contributed by atoms with E-state index in [1.807, 2.05) is 23.8 Å². The van der Waals surface area contributed by atoms with E-state index in [-0.39, 0.29) is 17.9 Å². The molecule has 0 aromatic heterocycles. The summed E-state index contributed by atoms with van der Waals surface area (Å²) < 4.78 is 4.96. The minimum atomic E-state index is -0.257. The summed E-state index contributed by atoms with van der Waals surface area (Å²) in [4.78, 5) is 26.7. The Morgan fingerprint density at radius 1 is 1.59 bits per heavy atom. The van der Waals surface area contributed by atoms with Crippen LogP contribution in [0.1, 0.15) is 26.7 Å². The van der Waals surface area contributed by atoms with Crippen molar-refractivity contribution >= 4 is 11.9 Å². The number of carbonyl (C=O) groups is 2. The first kappa shape index (κ1) is 14.0. The molecule has 1 rings (SSSR count). The summed E-state index contributed by atoms with van der Waals surface area (Å²) in [6.45, 7) is 6.27. The standard InChI is InChI=1S/C12H22N2O3/c1-4-17-12(16)10(2)13(3)8-9-14-7-5-6-11(14)15/h10H,4-9H2,1-3H3. The van der Waals surface area contributed by atoms with Gasteiger partial charge in [0.1, 0.15) is 6.04 Å². The highest BCUT2D eigenvalue weighted by Gasteiger charge is 2.23. The molecule has 5 nitrogen and oxygen atoms in total. The van der Waals surface area contributed by atoms with E-state index >= 15 is 0 Å². The highest BCUT2D eigenvalue weighted by atomic mass is 16.5. The second-order valence-electron chi connectivity index (χ2n) is 4.39. The van der Waals surface area contributed by atoms with Gasteiger partial charge in [-0.2, -0.15) is 0 Å². The normalized spacial score (nSPS) is 17.6. The predicted octanol–water partition coefficient (Wildman–Crippen LogP) is 0.492. The van der Waals surface area contributed by atoms with Crippen molar-refractivity contribution in [1.29, 1.82) is 0 Å². The average Bonchev–Trinajstić information content (AvgIpc) is 2.71. The van der Waals surface area contributed by atoms with Crippen LogP contribution in [0.15, 0.2) is 0 Å². The first-order valence-electron chi connectivity index (χ1n) is 6.21. The monoisotopic (exact) mass is 242 g/mol. The van der Waals surface area contributed by atoms with E-state index < -0.39 is 0 Å². The summed E-state index contributed by atoms with van der Waals surface area (Å²) in [5.41, 5.74) is 0. The van der Waals surface area contributed by atoms with Gasteiger partial charge in [-0.1, -0.05) is 0 Å². The molecule has 1 aliphatic rings. The molecule has 1 saturated heterocycles. The molecule has 1 amide bonds. The number of esters is 1. The lowest BCUT2D eigenvalue weighted by molar-refractivity contribution is -0.148. The molecular formula is C12H22N2O3. The van der Waals surface area contributed by atoms with E-state index in [9.17, 15) is 9.59 Å². The number of carbonyl (C=O) groups excluding carboxylic acids is 2. The molecule has 0 aromatic carbocycles. The molecule has 1 heterocycles. The van der Waals surface area contributed by atoms with Gasteiger partial charge in [0.25, 0.3) is 0 Å². The maximum absolute atomic E-state index is 11.5. The van der Waals surface area contributed by atoms with Gasteiger partial charge in [-0.05, 0) is 27.3 Å². The van der Waals surface area contributed by atoms with Crippen molar-refractivity contribution in [1.82, 2.24) is 9.80 Å². The maximum Gasteiger partial charge on any atom is 0.323 e. The van der Waals surface area contributed by atoms with Crippen LogP contribution in [0.3, 0.4) is 0 Å². The second kappa shape index (κ2) is 6.59. The Bertz CT molecular complexity index is 281. The molecule has 1 atom stereocenters. The Kier molecular flexibility index (Phi) is 5.41. The topological polar surface area (TPSA) is 49.9 Å². The smallest absolute Gasteiger partial charge is 0.323 e. The minimum absolute atomic E-state index is 0.206. The van der Waals surface area contributed by atoms with Gasteiger partial charge in [-0.3, -0.25) is 14.5 Å². The van der Waals surface area contributed by atoms with E-state index in [0.29, 0.717) is 26.1 Å². The third-order valence-corrected chi connectivity index (χ3v) is 3.18. The Morgan fingerprint density at radius 2 is 2.29 bits per heavy atom. The molecule has 1 unspecified atom stereocenters. The summed E-state index contributed by atoms with van der Waals surface area (Å²) in [5.74, 6) is 0.0185. The molecule has 0 aromatic rings. The molecule has 17 heavy (non-hydrogen) atoms. The van der Waals surface area contributed by atoms with E-state index in [1.54, 1.807) is 6.92 Å². The molecule has 98 valence electrons. The molecular weight excluding hydrogens is 220 g/mol. The minimum Gasteiger partial charge on any atom is -0.465 e. The fraction of sp³-hybridized carbons (Fsp3) is 0.833. The number of likely N-dealkylation sites (tertiary alicyclic amines) is 1. The Labute approximate surface area is 103 Å². The molecule has 0 bridgehead atoms. The summed E-state index contributed by atoms with van der Waals surface area (Å²) in [7, 11) is 1.88. The zero-order valence-electron chi connectivity index (χ0n) is 10.9. The average molecular weight is 242 g/mol. The SMILES string of the molecule is CCOC(=O)C(C)N(C)CCN1CCCC1=O. The van der Waals surface area contributed by atoms with Gasteiger partial charge in [-0.15, -0.1) is 0 Å². The molecule has 5 heteroatoms. The van der Waals surface area contributed by atoms with Gasteiger partial charge in [0.15, 0.2) is 0 Å². The highest BCUT2D eigenvalue weighted by molar-refractivity contribution is 5.78. The quantitative estimate of drug-likeness (QED) is 0.636. The van der Waals surface area contributed by atoms with Crippen LogP contribution in [0, 0.1) is 0 Å². The molecule has 0 N–H and O–H groups in total. The predicted molar refractivity (Wildman–Crippen MR) is 64.5 cm³/mol. The number of likely N-dealkylation sites (N-methyl/N-ethyl adjacent to an activating group) is 1. The zero-order chi connectivity index (χ0) is 12.8. The first-order chi connectivity index (χ1) is 8.06. The molecule has 0 radical (unpaired) electrons. The summed E-state index contributed by atoms with van der Waals surface area (Å²) in [6, 6.07) is -0.257. The molecule has 0 saturated carbocycles. The zero-order valence-corrected chi connectivity index (χ0v) is 10.9. The first-order valence-corrected chi connectivity index (χ1v) is 6.21. The third-order valence-electron chi connectivity index (χ3n) is 3.18. The van der Waals surface area contributed by atoms with Crippen LogP contribution in [0.5, 0.6) is 0 Å². The number of hydrogen-bond donors (Lipinski definition) is 0. The number of ether oxygens (including phenoxy) is 1. The fourth-order valence-corrected chi connectivity index (χ4v) is 1.86. The van der Waals surface area contributed by atoms with Crippen LogP contribution in [-0.4, -0.2) is 61.0 Å². The van der Waals surface area contributed by atoms with E-state index in [2.05, 4.69) is 0 Å². The maximum atomic E-state index is 11.5. The van der Waals surface area contributed by atoms with Crippen molar-refractivity contribution in [2.75, 3.05) is 33.3 Å². The van der Waals surface area contributed by atoms with Crippen LogP contribution in [0.2, 0.25) is 0 Å². The lowest BCUT2D eigenvalue weighted by Crippen LogP contribution is -2.42. The van der Waals surface area contributed by atoms with Crippen LogP contribution in [0.4, 0.5) is 0 Å². The van der Waals surface area contributed by atoms with Crippen molar-refractivity contribution < 1.29 is 14.3 Å². The largest absolute Gasteiger partial charge is 0.465 e. The fourth-order valence-electron chi connectivity index (χ4n) is 1.86. The van der Waals surface area contributed by atoms with E-state index in [4.69, 9.17) is 4.74 Å². The van der Waals surface area contributed by atoms with Crippen molar-refractivity contribution in [3.8, 4) is 0 Å². The van der Waals surface area contributed by atoms with Crippen molar-refractivity contribution in [2.45, 2.75) is 32.7 Å². The van der Waals surface area contributed by atoms with Crippen LogP contribution in [0.25, 0.3) is 0 Å². The lowest BCUT2D eigenvalue weighted by Gasteiger charge is -2.25. The summed E-state index contributed by atoms with van der Waals surface area (Å²) >= 11 is 0.